The summed E-state index contributed by atoms with van der Waals surface area (Å²) in [5.41, 5.74) is 0.739. The summed E-state index contributed by atoms with van der Waals surface area (Å²) in [4.78, 5) is 57.3. The molecule has 1 spiro atoms. The molecule has 2 saturated heterocycles. The van der Waals surface area contributed by atoms with Gasteiger partial charge in [-0.15, -0.1) is 0 Å². The Morgan fingerprint density at radius 1 is 1.08 bits per heavy atom. The van der Waals surface area contributed by atoms with E-state index in [1.54, 1.807) is 6.92 Å². The minimum absolute atomic E-state index is 0.0299. The number of carbonyl (C=O) groups excluding carboxylic acids is 4. The number of rotatable bonds is 2. The number of Topliss-reactive ketones (excluding diaryl/α,β-unsaturated/α-hetero) is 3. The molecule has 0 bridgehead atoms. The molecule has 7 heteroatoms. The number of aromatic amines is 1. The van der Waals surface area contributed by atoms with Crippen LogP contribution < -0.4 is 5.32 Å². The summed E-state index contributed by atoms with van der Waals surface area (Å²) in [6, 6.07) is 7.79. The van der Waals surface area contributed by atoms with Crippen LogP contribution in [0.1, 0.15) is 52.5 Å². The Bertz CT molecular complexity index is 1450. The first-order valence-electron chi connectivity index (χ1n) is 14.1. The quantitative estimate of drug-likeness (QED) is 0.262. The molecule has 1 aromatic heterocycles. The summed E-state index contributed by atoms with van der Waals surface area (Å²) < 4.78 is 6.34. The van der Waals surface area contributed by atoms with Crippen LogP contribution in [-0.4, -0.2) is 46.0 Å². The molecule has 8 atom stereocenters. The number of carbonyl (C=O) groups is 4. The fourth-order valence-corrected chi connectivity index (χ4v) is 7.84. The number of amides is 1. The van der Waals surface area contributed by atoms with Gasteiger partial charge in [-0.3, -0.25) is 19.2 Å². The molecule has 0 unspecified atom stereocenters. The molecule has 7 nitrogen and oxygen atoms in total. The number of ketones is 3. The number of fused-ring (bicyclic) bond motifs is 3. The lowest BCUT2D eigenvalue weighted by Gasteiger charge is -2.46. The number of hydrogen-bond donors (Lipinski definition) is 2. The van der Waals surface area contributed by atoms with Crippen molar-refractivity contribution in [2.24, 2.45) is 29.1 Å². The average molecular weight is 529 g/mol. The van der Waals surface area contributed by atoms with Crippen molar-refractivity contribution < 1.29 is 23.9 Å². The molecule has 3 heterocycles. The van der Waals surface area contributed by atoms with Crippen LogP contribution in [0.2, 0.25) is 0 Å². The van der Waals surface area contributed by atoms with Gasteiger partial charge < -0.3 is 15.0 Å². The van der Waals surface area contributed by atoms with Gasteiger partial charge in [0.1, 0.15) is 11.2 Å². The molecule has 3 fully saturated rings. The van der Waals surface area contributed by atoms with E-state index >= 15 is 0 Å². The number of benzene rings is 1. The van der Waals surface area contributed by atoms with Gasteiger partial charge >= 0.3 is 0 Å². The summed E-state index contributed by atoms with van der Waals surface area (Å²) in [7, 11) is 0. The highest BCUT2D eigenvalue weighted by molar-refractivity contribution is 6.43. The highest BCUT2D eigenvalue weighted by atomic mass is 16.6. The molecule has 1 saturated carbocycles. The second-order valence-electron chi connectivity index (χ2n) is 12.2. The van der Waals surface area contributed by atoms with Crippen LogP contribution in [0.3, 0.4) is 0 Å². The Morgan fingerprint density at radius 3 is 2.64 bits per heavy atom. The average Bonchev–Trinajstić information content (AvgIpc) is 3.31. The number of allylic oxidation sites excluding steroid dienone is 3. The van der Waals surface area contributed by atoms with Gasteiger partial charge in [-0.1, -0.05) is 50.3 Å². The lowest BCUT2D eigenvalue weighted by atomic mass is 9.51. The normalized spacial score (nSPS) is 40.8. The maximum atomic E-state index is 14.3. The van der Waals surface area contributed by atoms with Crippen molar-refractivity contribution in [2.45, 2.75) is 71.1 Å². The number of H-pyrrole nitrogens is 1. The van der Waals surface area contributed by atoms with E-state index in [-0.39, 0.29) is 54.4 Å². The zero-order chi connectivity index (χ0) is 27.7. The first-order valence-corrected chi connectivity index (χ1v) is 14.1. The molecule has 2 aliphatic heterocycles. The first-order chi connectivity index (χ1) is 18.6. The van der Waals surface area contributed by atoms with E-state index in [2.05, 4.69) is 30.2 Å². The second kappa shape index (κ2) is 9.12. The predicted molar refractivity (Wildman–Crippen MR) is 147 cm³/mol. The maximum Gasteiger partial charge on any atom is 0.235 e. The summed E-state index contributed by atoms with van der Waals surface area (Å²) in [6.07, 6.45) is 8.46. The van der Waals surface area contributed by atoms with Gasteiger partial charge in [-0.25, -0.2) is 0 Å². The molecule has 2 N–H and O–H groups in total. The van der Waals surface area contributed by atoms with E-state index in [0.717, 1.165) is 16.5 Å². The number of hydrogen-bond acceptors (Lipinski definition) is 5. The van der Waals surface area contributed by atoms with Crippen LogP contribution in [0.4, 0.5) is 0 Å². The molecular formula is C32H36N2O5. The lowest BCUT2D eigenvalue weighted by Crippen LogP contribution is -2.58. The molecule has 1 aromatic carbocycles. The van der Waals surface area contributed by atoms with E-state index < -0.39 is 28.5 Å². The number of ether oxygens (including phenoxy) is 1. The Balaban J connectivity index is 1.44. The largest absolute Gasteiger partial charge is 0.365 e. The molecule has 2 aromatic rings. The van der Waals surface area contributed by atoms with Crippen LogP contribution in [0.15, 0.2) is 54.3 Å². The zero-order valence-electron chi connectivity index (χ0n) is 23.0. The monoisotopic (exact) mass is 528 g/mol. The van der Waals surface area contributed by atoms with E-state index in [9.17, 15) is 19.2 Å². The van der Waals surface area contributed by atoms with Crippen molar-refractivity contribution in [1.29, 1.82) is 0 Å². The van der Waals surface area contributed by atoms with Crippen LogP contribution in [0.25, 0.3) is 10.9 Å². The molecular weight excluding hydrogens is 492 g/mol. The third-order valence-corrected chi connectivity index (χ3v) is 9.99. The van der Waals surface area contributed by atoms with Gasteiger partial charge in [0, 0.05) is 47.8 Å². The van der Waals surface area contributed by atoms with Gasteiger partial charge in [0.25, 0.3) is 0 Å². The third-order valence-electron chi connectivity index (χ3n) is 9.99. The Kier molecular flexibility index (Phi) is 6.06. The molecule has 39 heavy (non-hydrogen) atoms. The van der Waals surface area contributed by atoms with Crippen molar-refractivity contribution >= 4 is 34.2 Å². The summed E-state index contributed by atoms with van der Waals surface area (Å²) in [5.74, 6) is -2.47. The number of aromatic nitrogens is 1. The summed E-state index contributed by atoms with van der Waals surface area (Å²) in [6.45, 7) is 7.83. The molecule has 1 amide bonds. The topological polar surface area (TPSA) is 109 Å². The van der Waals surface area contributed by atoms with Crippen LogP contribution in [0, 0.1) is 29.1 Å². The Hall–Kier alpha value is -3.32. The molecule has 2 aliphatic carbocycles. The lowest BCUT2D eigenvalue weighted by molar-refractivity contribution is -0.149. The van der Waals surface area contributed by atoms with Crippen molar-refractivity contribution in [2.75, 3.05) is 0 Å². The smallest absolute Gasteiger partial charge is 0.235 e. The van der Waals surface area contributed by atoms with Crippen LogP contribution in [-0.2, 0) is 30.3 Å². The molecule has 0 radical (unpaired) electrons. The van der Waals surface area contributed by atoms with Crippen molar-refractivity contribution in [1.82, 2.24) is 10.3 Å². The fourth-order valence-electron chi connectivity index (χ4n) is 7.84. The standard InChI is InChI=1S/C32H36N2O5/c1-17-8-7-10-22-29-31(4,39-29)19(3)27-24(15-20-16-33-23-11-6-5-9-21(20)23)34-30(38)32(22,27)26(36)13-12-25(35)28(37)18(2)14-17/h5-7,9-11,14,16-17,19,22,24,27,29,33H,8,12-13,15H2,1-4H3,(H,34,38)/b10-7-,18-14+/t17-,19-,22-,24-,27-,29-,31+,32+/m0/s1. The highest BCUT2D eigenvalue weighted by Gasteiger charge is 2.78. The van der Waals surface area contributed by atoms with Crippen molar-refractivity contribution in [3.63, 3.8) is 0 Å². The van der Waals surface area contributed by atoms with E-state index in [1.165, 1.54) is 0 Å². The molecule has 6 rings (SSSR count). The van der Waals surface area contributed by atoms with Crippen LogP contribution >= 0.6 is 0 Å². The summed E-state index contributed by atoms with van der Waals surface area (Å²) >= 11 is 0. The van der Waals surface area contributed by atoms with Crippen molar-refractivity contribution in [3.8, 4) is 0 Å². The zero-order valence-corrected chi connectivity index (χ0v) is 23.0. The second-order valence-corrected chi connectivity index (χ2v) is 12.2. The summed E-state index contributed by atoms with van der Waals surface area (Å²) in [5, 5.41) is 4.34. The number of epoxide rings is 1. The SMILES string of the molecule is C/C1=C\[C@@H](C)C/C=C\[C@H]2[C@@H]3O[C@]3(C)[C@@H](C)[C@H]3[C@H](Cc4c[nH]c5ccccc45)NC(=O)[C@]32C(=O)CCC(=O)C1=O. The van der Waals surface area contributed by atoms with Gasteiger partial charge in [-0.05, 0) is 55.7 Å². The van der Waals surface area contributed by atoms with Gasteiger partial charge in [0.2, 0.25) is 17.5 Å². The Morgan fingerprint density at radius 2 is 1.85 bits per heavy atom. The molecule has 4 aliphatic rings. The first kappa shape index (κ1) is 25.9. The third kappa shape index (κ3) is 3.80. The minimum Gasteiger partial charge on any atom is -0.365 e. The fraction of sp³-hybridized carbons (Fsp3) is 0.500. The van der Waals surface area contributed by atoms with E-state index in [4.69, 9.17) is 4.74 Å². The number of para-hydroxylation sites is 1. The minimum atomic E-state index is -1.35. The molecule has 204 valence electrons. The van der Waals surface area contributed by atoms with E-state index in [1.807, 2.05) is 49.5 Å². The Labute approximate surface area is 228 Å². The van der Waals surface area contributed by atoms with Gasteiger partial charge in [0.05, 0.1) is 11.7 Å². The van der Waals surface area contributed by atoms with Gasteiger partial charge in [-0.2, -0.15) is 0 Å². The van der Waals surface area contributed by atoms with E-state index in [0.29, 0.717) is 18.4 Å². The van der Waals surface area contributed by atoms with Gasteiger partial charge in [0.15, 0.2) is 0 Å². The van der Waals surface area contributed by atoms with Crippen molar-refractivity contribution in [3.05, 3.63) is 59.8 Å². The predicted octanol–water partition coefficient (Wildman–Crippen LogP) is 4.26. The van der Waals surface area contributed by atoms with Crippen LogP contribution in [0.5, 0.6) is 0 Å². The maximum absolute atomic E-state index is 14.3. The number of nitrogens with one attached hydrogen (secondary N) is 2. The highest BCUT2D eigenvalue weighted by Crippen LogP contribution is 2.66.